The first-order valence-electron chi connectivity index (χ1n) is 8.20. The van der Waals surface area contributed by atoms with Gasteiger partial charge in [-0.1, -0.05) is 12.1 Å². The van der Waals surface area contributed by atoms with Crippen LogP contribution in [0.2, 0.25) is 0 Å². The minimum atomic E-state index is -3.90. The number of hydrogen-bond acceptors (Lipinski definition) is 3. The number of carbonyl (C=O) groups excluding carboxylic acids is 1. The van der Waals surface area contributed by atoms with E-state index in [4.69, 9.17) is 0 Å². The smallest absolute Gasteiger partial charge is 0.261 e. The second-order valence-corrected chi connectivity index (χ2v) is 7.80. The first kappa shape index (κ1) is 18.3. The van der Waals surface area contributed by atoms with Crippen molar-refractivity contribution >= 4 is 21.6 Å². The fourth-order valence-corrected chi connectivity index (χ4v) is 3.86. The molecule has 3 rings (SSSR count). The van der Waals surface area contributed by atoms with E-state index in [9.17, 15) is 22.0 Å². The Balaban J connectivity index is 1.66. The van der Waals surface area contributed by atoms with Crippen LogP contribution in [0.25, 0.3) is 0 Å². The van der Waals surface area contributed by atoms with Gasteiger partial charge in [-0.15, -0.1) is 0 Å². The van der Waals surface area contributed by atoms with E-state index >= 15 is 0 Å². The summed E-state index contributed by atoms with van der Waals surface area (Å²) in [6.07, 6.45) is 2.11. The van der Waals surface area contributed by atoms with E-state index in [2.05, 4.69) is 4.72 Å². The molecule has 0 spiro atoms. The number of rotatable bonds is 6. The number of nitrogens with zero attached hydrogens (tertiary/aromatic N) is 1. The van der Waals surface area contributed by atoms with Crippen LogP contribution in [-0.4, -0.2) is 32.3 Å². The van der Waals surface area contributed by atoms with Gasteiger partial charge < -0.3 is 4.90 Å². The first-order valence-corrected chi connectivity index (χ1v) is 9.68. The van der Waals surface area contributed by atoms with Crippen LogP contribution in [-0.2, 0) is 21.2 Å². The van der Waals surface area contributed by atoms with Crippen LogP contribution < -0.4 is 4.72 Å². The van der Waals surface area contributed by atoms with Crippen molar-refractivity contribution < 1.29 is 22.0 Å². The molecular weight excluding hydrogens is 362 g/mol. The molecule has 8 heteroatoms. The molecule has 2 aromatic carbocycles. The number of anilines is 1. The molecule has 0 aromatic heterocycles. The minimum absolute atomic E-state index is 0.0169. The molecule has 0 bridgehead atoms. The van der Waals surface area contributed by atoms with Crippen LogP contribution in [0.1, 0.15) is 18.4 Å². The van der Waals surface area contributed by atoms with E-state index in [0.29, 0.717) is 19.4 Å². The summed E-state index contributed by atoms with van der Waals surface area (Å²) in [5.74, 6) is -2.02. The maximum absolute atomic E-state index is 13.2. The molecule has 0 saturated carbocycles. The van der Waals surface area contributed by atoms with Gasteiger partial charge in [-0.2, -0.15) is 0 Å². The highest BCUT2D eigenvalue weighted by Crippen LogP contribution is 2.19. The lowest BCUT2D eigenvalue weighted by Gasteiger charge is -2.15. The van der Waals surface area contributed by atoms with Crippen LogP contribution >= 0.6 is 0 Å². The van der Waals surface area contributed by atoms with Crippen LogP contribution in [0, 0.1) is 11.6 Å². The molecule has 1 fully saturated rings. The summed E-state index contributed by atoms with van der Waals surface area (Å²) >= 11 is 0. The molecule has 0 atom stereocenters. The SMILES string of the molecule is O=C1CCCN1CCc1ccc(S(=O)(=O)Nc2ccc(F)c(F)c2)cc1. The van der Waals surface area contributed by atoms with Crippen molar-refractivity contribution in [1.29, 1.82) is 0 Å². The maximum Gasteiger partial charge on any atom is 0.261 e. The van der Waals surface area contributed by atoms with Crippen LogP contribution in [0.5, 0.6) is 0 Å². The Morgan fingerprint density at radius 3 is 2.38 bits per heavy atom. The highest BCUT2D eigenvalue weighted by molar-refractivity contribution is 7.92. The van der Waals surface area contributed by atoms with Crippen LogP contribution in [0.15, 0.2) is 47.4 Å². The number of halogens is 2. The van der Waals surface area contributed by atoms with Gasteiger partial charge in [-0.05, 0) is 42.7 Å². The molecule has 0 aliphatic carbocycles. The summed E-state index contributed by atoms with van der Waals surface area (Å²) < 4.78 is 53.0. The van der Waals surface area contributed by atoms with E-state index in [1.807, 2.05) is 0 Å². The van der Waals surface area contributed by atoms with Crippen molar-refractivity contribution in [3.63, 3.8) is 0 Å². The molecule has 2 aromatic rings. The molecule has 0 unspecified atom stereocenters. The molecular formula is C18H18F2N2O3S. The van der Waals surface area contributed by atoms with Gasteiger partial charge in [-0.25, -0.2) is 17.2 Å². The molecule has 138 valence electrons. The van der Waals surface area contributed by atoms with E-state index in [1.165, 1.54) is 12.1 Å². The second kappa shape index (κ2) is 7.41. The number of likely N-dealkylation sites (tertiary alicyclic amines) is 1. The zero-order valence-electron chi connectivity index (χ0n) is 13.9. The average Bonchev–Trinajstić information content (AvgIpc) is 3.01. The Morgan fingerprint density at radius 2 is 1.77 bits per heavy atom. The summed E-state index contributed by atoms with van der Waals surface area (Å²) in [7, 11) is -3.90. The Hall–Kier alpha value is -2.48. The Kier molecular flexibility index (Phi) is 5.22. The van der Waals surface area contributed by atoms with Crippen molar-refractivity contribution in [2.75, 3.05) is 17.8 Å². The summed E-state index contributed by atoms with van der Waals surface area (Å²) in [6.45, 7) is 1.38. The topological polar surface area (TPSA) is 66.5 Å². The van der Waals surface area contributed by atoms with Gasteiger partial charge in [0.1, 0.15) is 0 Å². The van der Waals surface area contributed by atoms with Crippen LogP contribution in [0.3, 0.4) is 0 Å². The number of benzene rings is 2. The molecule has 1 amide bonds. The first-order chi connectivity index (χ1) is 12.3. The van der Waals surface area contributed by atoms with Crippen molar-refractivity contribution in [3.05, 3.63) is 59.7 Å². The predicted molar refractivity (Wildman–Crippen MR) is 93.1 cm³/mol. The molecule has 1 saturated heterocycles. The lowest BCUT2D eigenvalue weighted by Crippen LogP contribution is -2.26. The number of hydrogen-bond donors (Lipinski definition) is 1. The van der Waals surface area contributed by atoms with Crippen LogP contribution in [0.4, 0.5) is 14.5 Å². The van der Waals surface area contributed by atoms with Gasteiger partial charge in [0, 0.05) is 25.6 Å². The lowest BCUT2D eigenvalue weighted by molar-refractivity contribution is -0.127. The monoisotopic (exact) mass is 380 g/mol. The molecule has 26 heavy (non-hydrogen) atoms. The maximum atomic E-state index is 13.2. The van der Waals surface area contributed by atoms with E-state index in [1.54, 1.807) is 17.0 Å². The fourth-order valence-electron chi connectivity index (χ4n) is 2.81. The van der Waals surface area contributed by atoms with E-state index in [0.717, 1.165) is 36.7 Å². The van der Waals surface area contributed by atoms with Crippen molar-refractivity contribution in [1.82, 2.24) is 4.90 Å². The number of amides is 1. The van der Waals surface area contributed by atoms with Gasteiger partial charge in [-0.3, -0.25) is 9.52 Å². The average molecular weight is 380 g/mol. The van der Waals surface area contributed by atoms with E-state index in [-0.39, 0.29) is 16.5 Å². The highest BCUT2D eigenvalue weighted by atomic mass is 32.2. The molecule has 5 nitrogen and oxygen atoms in total. The zero-order chi connectivity index (χ0) is 18.7. The number of nitrogens with one attached hydrogen (secondary N) is 1. The Bertz CT molecular complexity index is 915. The Labute approximate surface area is 150 Å². The number of carbonyl (C=O) groups is 1. The Morgan fingerprint density at radius 1 is 1.04 bits per heavy atom. The van der Waals surface area contributed by atoms with Crippen molar-refractivity contribution in [2.45, 2.75) is 24.2 Å². The molecule has 1 heterocycles. The summed E-state index contributed by atoms with van der Waals surface area (Å²) in [6, 6.07) is 9.05. The van der Waals surface area contributed by atoms with Crippen molar-refractivity contribution in [2.24, 2.45) is 0 Å². The second-order valence-electron chi connectivity index (χ2n) is 6.11. The standard InChI is InChI=1S/C18H18F2N2O3S/c19-16-8-5-14(12-17(16)20)21-26(24,25)15-6-3-13(4-7-15)9-11-22-10-1-2-18(22)23/h3-8,12,21H,1-2,9-11H2. The zero-order valence-corrected chi connectivity index (χ0v) is 14.7. The number of sulfonamides is 1. The normalized spacial score (nSPS) is 14.7. The largest absolute Gasteiger partial charge is 0.342 e. The lowest BCUT2D eigenvalue weighted by atomic mass is 10.1. The third-order valence-corrected chi connectivity index (χ3v) is 5.64. The molecule has 0 radical (unpaired) electrons. The fraction of sp³-hybridized carbons (Fsp3) is 0.278. The molecule has 1 aliphatic heterocycles. The summed E-state index contributed by atoms with van der Waals surface area (Å²) in [4.78, 5) is 13.4. The molecule has 1 aliphatic rings. The highest BCUT2D eigenvalue weighted by Gasteiger charge is 2.19. The van der Waals surface area contributed by atoms with Gasteiger partial charge in [0.15, 0.2) is 11.6 Å². The van der Waals surface area contributed by atoms with Gasteiger partial charge in [0.2, 0.25) is 5.91 Å². The summed E-state index contributed by atoms with van der Waals surface area (Å²) in [5.41, 5.74) is 0.858. The minimum Gasteiger partial charge on any atom is -0.342 e. The quantitative estimate of drug-likeness (QED) is 0.838. The van der Waals surface area contributed by atoms with Gasteiger partial charge >= 0.3 is 0 Å². The third-order valence-electron chi connectivity index (χ3n) is 4.25. The van der Waals surface area contributed by atoms with Crippen molar-refractivity contribution in [3.8, 4) is 0 Å². The van der Waals surface area contributed by atoms with Gasteiger partial charge in [0.05, 0.1) is 10.6 Å². The third kappa shape index (κ3) is 4.19. The summed E-state index contributed by atoms with van der Waals surface area (Å²) in [5, 5.41) is 0. The molecule has 1 N–H and O–H groups in total. The predicted octanol–water partition coefficient (Wildman–Crippen LogP) is 2.93. The van der Waals surface area contributed by atoms with E-state index < -0.39 is 21.7 Å². The van der Waals surface area contributed by atoms with Gasteiger partial charge in [0.25, 0.3) is 10.0 Å².